The van der Waals surface area contributed by atoms with Crippen LogP contribution in [-0.2, 0) is 9.47 Å². The van der Waals surface area contributed by atoms with Crippen LogP contribution in [0.5, 0.6) is 0 Å². The predicted molar refractivity (Wildman–Crippen MR) is 104 cm³/mol. The molecule has 1 saturated heterocycles. The van der Waals surface area contributed by atoms with Crippen LogP contribution in [0.4, 0.5) is 0 Å². The second kappa shape index (κ2) is 7.51. The summed E-state index contributed by atoms with van der Waals surface area (Å²) in [7, 11) is 3.39. The van der Waals surface area contributed by atoms with Crippen molar-refractivity contribution in [3.63, 3.8) is 0 Å². The average molecular weight is 366 g/mol. The maximum absolute atomic E-state index is 12.5. The number of ether oxygens (including phenoxy) is 2. The third-order valence-electron chi connectivity index (χ3n) is 5.70. The second-order valence-electron chi connectivity index (χ2n) is 7.35. The Morgan fingerprint density at radius 1 is 1.11 bits per heavy atom. The smallest absolute Gasteiger partial charge is 0.251 e. The van der Waals surface area contributed by atoms with E-state index >= 15 is 0 Å². The SMILES string of the molecule is COC1=C(OC)CC2CN3CCC(NC(=O)c4ccccc4)CC3=CC2=C1. The number of benzene rings is 1. The zero-order chi connectivity index (χ0) is 18.8. The Bertz CT molecular complexity index is 810. The average Bonchev–Trinajstić information content (AvgIpc) is 2.71. The van der Waals surface area contributed by atoms with E-state index in [9.17, 15) is 4.79 Å². The van der Waals surface area contributed by atoms with Crippen LogP contribution in [0, 0.1) is 5.92 Å². The van der Waals surface area contributed by atoms with Crippen LogP contribution in [-0.4, -0.2) is 44.2 Å². The molecule has 1 aromatic carbocycles. The van der Waals surface area contributed by atoms with Gasteiger partial charge in [0.15, 0.2) is 5.76 Å². The molecule has 0 bridgehead atoms. The number of carbonyl (C=O) groups excluding carboxylic acids is 1. The van der Waals surface area contributed by atoms with E-state index in [1.807, 2.05) is 30.3 Å². The monoisotopic (exact) mass is 366 g/mol. The third kappa shape index (κ3) is 3.59. The van der Waals surface area contributed by atoms with Gasteiger partial charge in [-0.2, -0.15) is 0 Å². The van der Waals surface area contributed by atoms with Gasteiger partial charge < -0.3 is 19.7 Å². The molecule has 27 heavy (non-hydrogen) atoms. The molecule has 0 spiro atoms. The molecule has 2 atom stereocenters. The molecular weight excluding hydrogens is 340 g/mol. The van der Waals surface area contributed by atoms with Crippen molar-refractivity contribution in [1.29, 1.82) is 0 Å². The van der Waals surface area contributed by atoms with Crippen LogP contribution in [0.3, 0.4) is 0 Å². The van der Waals surface area contributed by atoms with Gasteiger partial charge in [-0.05, 0) is 36.3 Å². The summed E-state index contributed by atoms with van der Waals surface area (Å²) in [5.74, 6) is 2.19. The lowest BCUT2D eigenvalue weighted by Gasteiger charge is -2.43. The van der Waals surface area contributed by atoms with Crippen molar-refractivity contribution in [1.82, 2.24) is 10.2 Å². The number of hydrogen-bond acceptors (Lipinski definition) is 4. The van der Waals surface area contributed by atoms with Crippen LogP contribution in [0.2, 0.25) is 0 Å². The molecule has 0 radical (unpaired) electrons. The molecule has 3 aliphatic rings. The zero-order valence-corrected chi connectivity index (χ0v) is 15.9. The lowest BCUT2D eigenvalue weighted by Crippen LogP contribution is -2.46. The maximum atomic E-state index is 12.5. The van der Waals surface area contributed by atoms with Crippen molar-refractivity contribution in [2.24, 2.45) is 5.92 Å². The quantitative estimate of drug-likeness (QED) is 0.889. The Hall–Kier alpha value is -2.69. The fourth-order valence-electron chi connectivity index (χ4n) is 4.22. The van der Waals surface area contributed by atoms with E-state index in [1.165, 1.54) is 11.3 Å². The topological polar surface area (TPSA) is 50.8 Å². The zero-order valence-electron chi connectivity index (χ0n) is 15.9. The van der Waals surface area contributed by atoms with Gasteiger partial charge in [-0.15, -0.1) is 0 Å². The molecular formula is C22H26N2O3. The highest BCUT2D eigenvalue weighted by molar-refractivity contribution is 5.94. The summed E-state index contributed by atoms with van der Waals surface area (Å²) in [6.45, 7) is 1.97. The molecule has 2 heterocycles. The summed E-state index contributed by atoms with van der Waals surface area (Å²) in [4.78, 5) is 14.9. The van der Waals surface area contributed by atoms with Gasteiger partial charge in [-0.25, -0.2) is 0 Å². The number of amides is 1. The lowest BCUT2D eigenvalue weighted by atomic mass is 9.83. The van der Waals surface area contributed by atoms with E-state index < -0.39 is 0 Å². The molecule has 142 valence electrons. The fraction of sp³-hybridized carbons (Fsp3) is 0.409. The standard InChI is InChI=1S/C22H26N2O3/c1-26-20-11-16-10-19-13-18(23-22(25)15-6-4-3-5-7-15)8-9-24(19)14-17(16)12-21(20)27-2/h3-7,10-11,17-18H,8-9,12-14H2,1-2H3,(H,23,25). The highest BCUT2D eigenvalue weighted by atomic mass is 16.5. The number of nitrogens with zero attached hydrogens (tertiary/aromatic N) is 1. The van der Waals surface area contributed by atoms with Gasteiger partial charge in [0.05, 0.1) is 14.2 Å². The van der Waals surface area contributed by atoms with Gasteiger partial charge in [0.2, 0.25) is 0 Å². The molecule has 5 heteroatoms. The number of carbonyl (C=O) groups is 1. The summed E-state index contributed by atoms with van der Waals surface area (Å²) < 4.78 is 11.0. The molecule has 5 nitrogen and oxygen atoms in total. The Morgan fingerprint density at radius 3 is 2.67 bits per heavy atom. The first-order valence-corrected chi connectivity index (χ1v) is 9.52. The van der Waals surface area contributed by atoms with Crippen LogP contribution < -0.4 is 5.32 Å². The lowest BCUT2D eigenvalue weighted by molar-refractivity contribution is 0.0920. The molecule has 1 fully saturated rings. The fourth-order valence-corrected chi connectivity index (χ4v) is 4.22. The number of allylic oxidation sites excluding steroid dienone is 3. The summed E-state index contributed by atoms with van der Waals surface area (Å²) in [5, 5.41) is 3.20. The number of fused-ring (bicyclic) bond motifs is 2. The Balaban J connectivity index is 1.49. The number of piperidine rings is 1. The van der Waals surface area contributed by atoms with E-state index in [0.717, 1.165) is 49.4 Å². The van der Waals surface area contributed by atoms with Crippen molar-refractivity contribution < 1.29 is 14.3 Å². The van der Waals surface area contributed by atoms with Crippen molar-refractivity contribution in [3.8, 4) is 0 Å². The van der Waals surface area contributed by atoms with E-state index in [4.69, 9.17) is 9.47 Å². The number of methoxy groups -OCH3 is 2. The Morgan fingerprint density at radius 2 is 1.93 bits per heavy atom. The summed E-state index contributed by atoms with van der Waals surface area (Å²) in [6.07, 6.45) is 7.09. The summed E-state index contributed by atoms with van der Waals surface area (Å²) >= 11 is 0. The minimum atomic E-state index is 0.00885. The van der Waals surface area contributed by atoms with Gasteiger partial charge in [0.1, 0.15) is 5.76 Å². The molecule has 1 N–H and O–H groups in total. The van der Waals surface area contributed by atoms with Crippen molar-refractivity contribution in [2.45, 2.75) is 25.3 Å². The minimum absolute atomic E-state index is 0.00885. The normalized spacial score (nSPS) is 24.3. The minimum Gasteiger partial charge on any atom is -0.497 e. The molecule has 2 unspecified atom stereocenters. The van der Waals surface area contributed by atoms with Crippen LogP contribution >= 0.6 is 0 Å². The van der Waals surface area contributed by atoms with E-state index in [0.29, 0.717) is 5.92 Å². The molecule has 0 saturated carbocycles. The number of hydrogen-bond donors (Lipinski definition) is 1. The summed E-state index contributed by atoms with van der Waals surface area (Å²) in [6, 6.07) is 9.60. The van der Waals surface area contributed by atoms with Crippen LogP contribution in [0.25, 0.3) is 0 Å². The second-order valence-corrected chi connectivity index (χ2v) is 7.35. The van der Waals surface area contributed by atoms with Crippen LogP contribution in [0.15, 0.2) is 65.3 Å². The van der Waals surface area contributed by atoms with Gasteiger partial charge in [-0.1, -0.05) is 18.2 Å². The van der Waals surface area contributed by atoms with Gasteiger partial charge in [-0.3, -0.25) is 4.79 Å². The first-order valence-electron chi connectivity index (χ1n) is 9.52. The van der Waals surface area contributed by atoms with E-state index in [-0.39, 0.29) is 11.9 Å². The highest BCUT2D eigenvalue weighted by Crippen LogP contribution is 2.38. The number of nitrogens with one attached hydrogen (secondary N) is 1. The van der Waals surface area contributed by atoms with Crippen molar-refractivity contribution in [3.05, 3.63) is 70.8 Å². The molecule has 1 amide bonds. The van der Waals surface area contributed by atoms with Crippen molar-refractivity contribution in [2.75, 3.05) is 27.3 Å². The molecule has 4 rings (SSSR count). The van der Waals surface area contributed by atoms with Gasteiger partial charge in [0, 0.05) is 49.2 Å². The maximum Gasteiger partial charge on any atom is 0.251 e. The Labute approximate surface area is 160 Å². The largest absolute Gasteiger partial charge is 0.497 e. The molecule has 2 aliphatic heterocycles. The third-order valence-corrected chi connectivity index (χ3v) is 5.70. The van der Waals surface area contributed by atoms with Crippen molar-refractivity contribution >= 4 is 5.91 Å². The first kappa shape index (κ1) is 17.7. The van der Waals surface area contributed by atoms with E-state index in [2.05, 4.69) is 22.4 Å². The van der Waals surface area contributed by atoms with E-state index in [1.54, 1.807) is 14.2 Å². The van der Waals surface area contributed by atoms with Crippen LogP contribution in [0.1, 0.15) is 29.6 Å². The Kier molecular flexibility index (Phi) is 4.92. The predicted octanol–water partition coefficient (Wildman–Crippen LogP) is 3.23. The molecule has 1 aliphatic carbocycles. The number of rotatable bonds is 4. The van der Waals surface area contributed by atoms with Gasteiger partial charge in [0.25, 0.3) is 5.91 Å². The van der Waals surface area contributed by atoms with Gasteiger partial charge >= 0.3 is 0 Å². The summed E-state index contributed by atoms with van der Waals surface area (Å²) in [5.41, 5.74) is 3.32. The highest BCUT2D eigenvalue weighted by Gasteiger charge is 2.33. The first-order chi connectivity index (χ1) is 13.2. The molecule has 0 aromatic heterocycles. The molecule has 1 aromatic rings.